The van der Waals surface area contributed by atoms with Crippen LogP contribution in [0.15, 0.2) is 12.1 Å². The molecule has 0 unspecified atom stereocenters. The highest BCUT2D eigenvalue weighted by atomic mass is 79.9. The quantitative estimate of drug-likeness (QED) is 0.474. The first-order chi connectivity index (χ1) is 6.06. The number of phenolic OH excluding ortho intramolecular Hbond substituents is 1. The molecular formula is C9H10BrNO2. The fraction of sp³-hybridized carbons (Fsp3) is 0.222. The number of rotatable bonds is 2. The number of ketones is 1. The van der Waals surface area contributed by atoms with E-state index in [2.05, 4.69) is 15.9 Å². The maximum absolute atomic E-state index is 11.3. The minimum absolute atomic E-state index is 0.0625. The van der Waals surface area contributed by atoms with Gasteiger partial charge in [0.05, 0.1) is 10.9 Å². The number of alkyl halides is 1. The van der Waals surface area contributed by atoms with E-state index in [-0.39, 0.29) is 16.9 Å². The van der Waals surface area contributed by atoms with Crippen LogP contribution in [0.5, 0.6) is 5.75 Å². The highest BCUT2D eigenvalue weighted by Gasteiger charge is 2.11. The van der Waals surface area contributed by atoms with Gasteiger partial charge in [0.2, 0.25) is 0 Å². The van der Waals surface area contributed by atoms with E-state index in [1.165, 1.54) is 6.07 Å². The molecule has 1 rings (SSSR count). The van der Waals surface area contributed by atoms with Gasteiger partial charge in [0.15, 0.2) is 5.78 Å². The lowest BCUT2D eigenvalue weighted by molar-refractivity contribution is 0.102. The van der Waals surface area contributed by atoms with Crippen LogP contribution >= 0.6 is 15.9 Å². The van der Waals surface area contributed by atoms with E-state index in [4.69, 9.17) is 5.73 Å². The van der Waals surface area contributed by atoms with Crippen LogP contribution in [0.1, 0.15) is 15.9 Å². The Morgan fingerprint density at radius 1 is 1.62 bits per heavy atom. The number of anilines is 1. The fourth-order valence-electron chi connectivity index (χ4n) is 1.01. The number of halogens is 1. The van der Waals surface area contributed by atoms with Gasteiger partial charge >= 0.3 is 0 Å². The van der Waals surface area contributed by atoms with Gasteiger partial charge in [-0.2, -0.15) is 0 Å². The molecule has 3 nitrogen and oxygen atoms in total. The molecule has 0 aliphatic rings. The van der Waals surface area contributed by atoms with Gasteiger partial charge in [0.25, 0.3) is 0 Å². The minimum atomic E-state index is -0.152. The van der Waals surface area contributed by atoms with Crippen LogP contribution in [0.3, 0.4) is 0 Å². The number of hydrogen-bond acceptors (Lipinski definition) is 3. The fourth-order valence-corrected chi connectivity index (χ4v) is 1.31. The van der Waals surface area contributed by atoms with Crippen molar-refractivity contribution >= 4 is 27.4 Å². The predicted molar refractivity (Wildman–Crippen MR) is 55.4 cm³/mol. The Morgan fingerprint density at radius 2 is 2.23 bits per heavy atom. The van der Waals surface area contributed by atoms with Crippen molar-refractivity contribution in [2.75, 3.05) is 11.1 Å². The maximum Gasteiger partial charge on any atom is 0.177 e. The Kier molecular flexibility index (Phi) is 2.93. The lowest BCUT2D eigenvalue weighted by Crippen LogP contribution is -2.02. The van der Waals surface area contributed by atoms with E-state index in [0.717, 1.165) is 5.56 Å². The molecule has 1 aromatic rings. The summed E-state index contributed by atoms with van der Waals surface area (Å²) < 4.78 is 0. The van der Waals surface area contributed by atoms with E-state index in [0.29, 0.717) is 11.3 Å². The Balaban J connectivity index is 3.23. The van der Waals surface area contributed by atoms with Crippen LogP contribution in [0, 0.1) is 6.92 Å². The number of carbonyl (C=O) groups excluding carboxylic acids is 1. The number of nitrogens with two attached hydrogens (primary N) is 1. The molecule has 3 N–H and O–H groups in total. The van der Waals surface area contributed by atoms with Crippen LogP contribution in [-0.4, -0.2) is 16.2 Å². The number of hydrogen-bond donors (Lipinski definition) is 2. The molecule has 1 aromatic carbocycles. The first-order valence-corrected chi connectivity index (χ1v) is 4.86. The number of phenols is 1. The molecule has 0 saturated heterocycles. The summed E-state index contributed by atoms with van der Waals surface area (Å²) in [6, 6.07) is 2.99. The van der Waals surface area contributed by atoms with Crippen molar-refractivity contribution < 1.29 is 9.90 Å². The molecule has 13 heavy (non-hydrogen) atoms. The summed E-state index contributed by atoms with van der Waals surface area (Å²) in [5, 5.41) is 9.59. The van der Waals surface area contributed by atoms with Crippen LogP contribution in [0.4, 0.5) is 5.69 Å². The van der Waals surface area contributed by atoms with Gasteiger partial charge in [-0.25, -0.2) is 0 Å². The molecule has 0 heterocycles. The molecule has 70 valence electrons. The number of carbonyl (C=O) groups is 1. The number of Topliss-reactive ketones (excluding diaryl/α,β-unsaturated/α-hetero) is 1. The smallest absolute Gasteiger partial charge is 0.177 e. The second-order valence-electron chi connectivity index (χ2n) is 2.78. The van der Waals surface area contributed by atoms with Crippen molar-refractivity contribution in [2.45, 2.75) is 6.92 Å². The van der Waals surface area contributed by atoms with Crippen molar-refractivity contribution in [1.29, 1.82) is 0 Å². The number of benzene rings is 1. The highest BCUT2D eigenvalue weighted by Crippen LogP contribution is 2.24. The van der Waals surface area contributed by atoms with Crippen LogP contribution in [0.25, 0.3) is 0 Å². The first-order valence-electron chi connectivity index (χ1n) is 3.74. The normalized spacial score (nSPS) is 10.0. The number of aromatic hydroxyl groups is 1. The zero-order valence-electron chi connectivity index (χ0n) is 7.17. The molecule has 0 aliphatic heterocycles. The molecular weight excluding hydrogens is 234 g/mol. The third kappa shape index (κ3) is 2.01. The molecule has 0 spiro atoms. The summed E-state index contributed by atoms with van der Waals surface area (Å²) in [5.41, 5.74) is 7.14. The van der Waals surface area contributed by atoms with Crippen LogP contribution < -0.4 is 5.73 Å². The van der Waals surface area contributed by atoms with E-state index in [1.54, 1.807) is 13.0 Å². The molecule has 0 fully saturated rings. The summed E-state index contributed by atoms with van der Waals surface area (Å²) in [6.07, 6.45) is 0. The predicted octanol–water partition coefficient (Wildman–Crippen LogP) is 1.86. The van der Waals surface area contributed by atoms with Gasteiger partial charge in [0, 0.05) is 11.8 Å². The maximum atomic E-state index is 11.3. The SMILES string of the molecule is Cc1cc(C(=O)CBr)c(O)cc1N. The lowest BCUT2D eigenvalue weighted by Gasteiger charge is -2.05. The first kappa shape index (κ1) is 10.1. The van der Waals surface area contributed by atoms with Gasteiger partial charge in [-0.3, -0.25) is 4.79 Å². The zero-order chi connectivity index (χ0) is 10.0. The Morgan fingerprint density at radius 3 is 2.77 bits per heavy atom. The van der Waals surface area contributed by atoms with Crippen molar-refractivity contribution in [2.24, 2.45) is 0 Å². The minimum Gasteiger partial charge on any atom is -0.507 e. The van der Waals surface area contributed by atoms with Gasteiger partial charge in [-0.05, 0) is 18.6 Å². The molecule has 0 atom stereocenters. The topological polar surface area (TPSA) is 63.3 Å². The van der Waals surface area contributed by atoms with Gasteiger partial charge in [-0.1, -0.05) is 15.9 Å². The van der Waals surface area contributed by atoms with Gasteiger partial charge < -0.3 is 10.8 Å². The zero-order valence-corrected chi connectivity index (χ0v) is 8.76. The summed E-state index contributed by atoms with van der Waals surface area (Å²) in [5.74, 6) is -0.215. The summed E-state index contributed by atoms with van der Waals surface area (Å²) in [6.45, 7) is 1.79. The van der Waals surface area contributed by atoms with Crippen molar-refractivity contribution in [1.82, 2.24) is 0 Å². The molecule has 4 heteroatoms. The number of nitrogen functional groups attached to an aromatic ring is 1. The summed E-state index contributed by atoms with van der Waals surface area (Å²) in [7, 11) is 0. The molecule has 0 aliphatic carbocycles. The summed E-state index contributed by atoms with van der Waals surface area (Å²) in [4.78, 5) is 11.3. The average molecular weight is 244 g/mol. The van der Waals surface area contributed by atoms with Gasteiger partial charge in [0.1, 0.15) is 5.75 Å². The largest absolute Gasteiger partial charge is 0.507 e. The molecule has 0 amide bonds. The standard InChI is InChI=1S/C9H10BrNO2/c1-5-2-6(9(13)4-10)8(12)3-7(5)11/h2-3,12H,4,11H2,1H3. The van der Waals surface area contributed by atoms with Crippen molar-refractivity contribution in [3.05, 3.63) is 23.3 Å². The number of aryl methyl sites for hydroxylation is 1. The third-order valence-corrected chi connectivity index (χ3v) is 2.32. The average Bonchev–Trinajstić information content (AvgIpc) is 2.10. The second-order valence-corrected chi connectivity index (χ2v) is 3.34. The molecule has 0 bridgehead atoms. The second kappa shape index (κ2) is 3.79. The highest BCUT2D eigenvalue weighted by molar-refractivity contribution is 9.09. The van der Waals surface area contributed by atoms with Crippen molar-refractivity contribution in [3.8, 4) is 5.75 Å². The third-order valence-electron chi connectivity index (χ3n) is 1.81. The van der Waals surface area contributed by atoms with E-state index >= 15 is 0 Å². The van der Waals surface area contributed by atoms with Gasteiger partial charge in [-0.15, -0.1) is 0 Å². The Bertz CT molecular complexity index is 350. The van der Waals surface area contributed by atoms with Crippen molar-refractivity contribution in [3.63, 3.8) is 0 Å². The van der Waals surface area contributed by atoms with E-state index in [9.17, 15) is 9.90 Å². The van der Waals surface area contributed by atoms with Crippen LogP contribution in [0.2, 0.25) is 0 Å². The lowest BCUT2D eigenvalue weighted by atomic mass is 10.1. The Hall–Kier alpha value is -1.03. The Labute approximate surface area is 84.7 Å². The monoisotopic (exact) mass is 243 g/mol. The molecule has 0 aromatic heterocycles. The molecule has 0 radical (unpaired) electrons. The van der Waals surface area contributed by atoms with Crippen LogP contribution in [-0.2, 0) is 0 Å². The van der Waals surface area contributed by atoms with E-state index in [1.807, 2.05) is 0 Å². The molecule has 0 saturated carbocycles. The van der Waals surface area contributed by atoms with E-state index < -0.39 is 0 Å². The summed E-state index contributed by atoms with van der Waals surface area (Å²) >= 11 is 3.04.